The SMILES string of the molecule is C=CCCOC(=O)CC(C(=O)OCCCCCCCCCCCC)S(=O)(=O)[O-].[Na+]. The molecular formula is C20H35NaO7S. The van der Waals surface area contributed by atoms with Crippen LogP contribution in [-0.2, 0) is 29.2 Å². The van der Waals surface area contributed by atoms with Crippen LogP contribution in [0.1, 0.15) is 84.0 Å². The third-order valence-electron chi connectivity index (χ3n) is 4.29. The van der Waals surface area contributed by atoms with E-state index in [4.69, 9.17) is 9.47 Å². The van der Waals surface area contributed by atoms with E-state index in [0.29, 0.717) is 12.8 Å². The average Bonchev–Trinajstić information content (AvgIpc) is 2.63. The van der Waals surface area contributed by atoms with Crippen LogP contribution < -0.4 is 29.6 Å². The van der Waals surface area contributed by atoms with Crippen molar-refractivity contribution in [1.29, 1.82) is 0 Å². The largest absolute Gasteiger partial charge is 1.00 e. The minimum Gasteiger partial charge on any atom is -0.747 e. The van der Waals surface area contributed by atoms with Gasteiger partial charge in [0.2, 0.25) is 0 Å². The molecule has 0 N–H and O–H groups in total. The molecule has 0 saturated carbocycles. The van der Waals surface area contributed by atoms with Gasteiger partial charge in [0.15, 0.2) is 5.25 Å². The van der Waals surface area contributed by atoms with E-state index in [2.05, 4.69) is 13.5 Å². The van der Waals surface area contributed by atoms with Crippen LogP contribution in [-0.4, -0.2) is 43.4 Å². The molecule has 0 saturated heterocycles. The van der Waals surface area contributed by atoms with Crippen molar-refractivity contribution in [3.05, 3.63) is 12.7 Å². The van der Waals surface area contributed by atoms with Crippen molar-refractivity contribution in [1.82, 2.24) is 0 Å². The zero-order valence-electron chi connectivity index (χ0n) is 18.0. The second-order valence-corrected chi connectivity index (χ2v) is 8.39. The summed E-state index contributed by atoms with van der Waals surface area (Å²) in [5, 5.41) is -2.06. The molecule has 0 fully saturated rings. The molecule has 0 radical (unpaired) electrons. The van der Waals surface area contributed by atoms with Gasteiger partial charge < -0.3 is 14.0 Å². The number of rotatable bonds is 18. The molecule has 0 aliphatic heterocycles. The number of hydrogen-bond acceptors (Lipinski definition) is 7. The standard InChI is InChI=1S/C20H36O7S.Na/c1-3-5-7-8-9-10-11-12-13-14-16-27-20(22)18(28(23,24)25)17-19(21)26-15-6-4-2;/h4,18H,2-3,5-17H2,1H3,(H,23,24,25);/q;+1/p-1. The molecule has 164 valence electrons. The van der Waals surface area contributed by atoms with Crippen molar-refractivity contribution in [2.45, 2.75) is 89.2 Å². The molecule has 0 aromatic rings. The normalized spacial score (nSPS) is 11.9. The third-order valence-corrected chi connectivity index (χ3v) is 5.35. The Balaban J connectivity index is 0. The first kappa shape index (κ1) is 30.8. The first-order chi connectivity index (χ1) is 13.3. The van der Waals surface area contributed by atoms with Gasteiger partial charge in [-0.25, -0.2) is 8.42 Å². The summed E-state index contributed by atoms with van der Waals surface area (Å²) in [7, 11) is -5.00. The number of unbranched alkanes of at least 4 members (excludes halogenated alkanes) is 9. The van der Waals surface area contributed by atoms with Crippen LogP contribution in [0.4, 0.5) is 0 Å². The molecule has 0 amide bonds. The Morgan fingerprint density at radius 3 is 1.93 bits per heavy atom. The van der Waals surface area contributed by atoms with Crippen LogP contribution in [0.25, 0.3) is 0 Å². The molecule has 1 unspecified atom stereocenters. The second kappa shape index (κ2) is 19.5. The summed E-state index contributed by atoms with van der Waals surface area (Å²) in [6, 6.07) is 0. The Bertz CT molecular complexity index is 549. The molecule has 0 rings (SSSR count). The number of esters is 2. The summed E-state index contributed by atoms with van der Waals surface area (Å²) < 4.78 is 43.4. The smallest absolute Gasteiger partial charge is 0.747 e. The predicted octanol–water partition coefficient (Wildman–Crippen LogP) is 0.878. The fourth-order valence-electron chi connectivity index (χ4n) is 2.62. The molecule has 1 atom stereocenters. The molecule has 0 aromatic carbocycles. The summed E-state index contributed by atoms with van der Waals surface area (Å²) in [5.74, 6) is -2.12. The van der Waals surface area contributed by atoms with Crippen LogP contribution >= 0.6 is 0 Å². The van der Waals surface area contributed by atoms with Crippen LogP contribution in [0.15, 0.2) is 12.7 Å². The maximum absolute atomic E-state index is 11.9. The van der Waals surface area contributed by atoms with Gasteiger partial charge in [-0.3, -0.25) is 9.59 Å². The van der Waals surface area contributed by atoms with Crippen molar-refractivity contribution in [2.75, 3.05) is 13.2 Å². The maximum Gasteiger partial charge on any atom is 1.00 e. The monoisotopic (exact) mass is 442 g/mol. The van der Waals surface area contributed by atoms with E-state index in [9.17, 15) is 22.6 Å². The Hall–Kier alpha value is -0.410. The van der Waals surface area contributed by atoms with E-state index in [1.807, 2.05) is 0 Å². The molecule has 9 heteroatoms. The van der Waals surface area contributed by atoms with Crippen molar-refractivity contribution in [3.8, 4) is 0 Å². The van der Waals surface area contributed by atoms with Gasteiger partial charge in [0.05, 0.1) is 19.6 Å². The maximum atomic E-state index is 11.9. The zero-order valence-corrected chi connectivity index (χ0v) is 20.8. The molecule has 0 spiro atoms. The molecule has 0 bridgehead atoms. The van der Waals surface area contributed by atoms with Crippen molar-refractivity contribution in [3.63, 3.8) is 0 Å². The minimum absolute atomic E-state index is 0. The van der Waals surface area contributed by atoms with E-state index in [-0.39, 0.29) is 42.8 Å². The molecule has 0 aromatic heterocycles. The Morgan fingerprint density at radius 1 is 0.931 bits per heavy atom. The van der Waals surface area contributed by atoms with Crippen molar-refractivity contribution < 1.29 is 61.6 Å². The molecule has 0 heterocycles. The number of hydrogen-bond donors (Lipinski definition) is 0. The fourth-order valence-corrected chi connectivity index (χ4v) is 3.27. The Kier molecular flexibility index (Phi) is 20.7. The molecule has 0 aliphatic carbocycles. The van der Waals surface area contributed by atoms with Crippen LogP contribution in [0.2, 0.25) is 0 Å². The summed E-state index contributed by atoms with van der Waals surface area (Å²) >= 11 is 0. The second-order valence-electron chi connectivity index (χ2n) is 6.83. The molecule has 29 heavy (non-hydrogen) atoms. The van der Waals surface area contributed by atoms with Gasteiger partial charge in [0.1, 0.15) is 10.1 Å². The van der Waals surface area contributed by atoms with Gasteiger partial charge in [-0.2, -0.15) is 0 Å². The summed E-state index contributed by atoms with van der Waals surface area (Å²) in [4.78, 5) is 23.5. The number of carbonyl (C=O) groups excluding carboxylic acids is 2. The first-order valence-electron chi connectivity index (χ1n) is 10.2. The fraction of sp³-hybridized carbons (Fsp3) is 0.800. The number of ether oxygens (including phenoxy) is 2. The topological polar surface area (TPSA) is 110 Å². The zero-order chi connectivity index (χ0) is 21.3. The number of carbonyl (C=O) groups is 2. The van der Waals surface area contributed by atoms with Gasteiger partial charge in [-0.1, -0.05) is 70.8 Å². The molecular weight excluding hydrogens is 407 g/mol. The first-order valence-corrected chi connectivity index (χ1v) is 11.7. The van der Waals surface area contributed by atoms with Gasteiger partial charge in [0, 0.05) is 0 Å². The van der Waals surface area contributed by atoms with Crippen LogP contribution in [0, 0.1) is 0 Å². The van der Waals surface area contributed by atoms with Crippen molar-refractivity contribution >= 4 is 22.1 Å². The van der Waals surface area contributed by atoms with Crippen LogP contribution in [0.3, 0.4) is 0 Å². The van der Waals surface area contributed by atoms with Gasteiger partial charge in [-0.05, 0) is 12.8 Å². The summed E-state index contributed by atoms with van der Waals surface area (Å²) in [6.45, 7) is 5.70. The van der Waals surface area contributed by atoms with Gasteiger partial charge in [0.25, 0.3) is 0 Å². The van der Waals surface area contributed by atoms with E-state index in [0.717, 1.165) is 19.3 Å². The minimum atomic E-state index is -5.00. The molecule has 0 aliphatic rings. The quantitative estimate of drug-likeness (QED) is 0.102. The van der Waals surface area contributed by atoms with Gasteiger partial charge in [-0.15, -0.1) is 6.58 Å². The Labute approximate surface area is 198 Å². The van der Waals surface area contributed by atoms with E-state index < -0.39 is 33.7 Å². The average molecular weight is 443 g/mol. The summed E-state index contributed by atoms with van der Waals surface area (Å²) in [6.07, 6.45) is 12.2. The Morgan fingerprint density at radius 2 is 1.45 bits per heavy atom. The summed E-state index contributed by atoms with van der Waals surface area (Å²) in [5.41, 5.74) is 0. The van der Waals surface area contributed by atoms with E-state index in [1.54, 1.807) is 0 Å². The van der Waals surface area contributed by atoms with Crippen molar-refractivity contribution in [2.24, 2.45) is 0 Å². The third kappa shape index (κ3) is 18.1. The predicted molar refractivity (Wildman–Crippen MR) is 107 cm³/mol. The molecule has 7 nitrogen and oxygen atoms in total. The van der Waals surface area contributed by atoms with Crippen LogP contribution in [0.5, 0.6) is 0 Å². The van der Waals surface area contributed by atoms with E-state index >= 15 is 0 Å². The van der Waals surface area contributed by atoms with Gasteiger partial charge >= 0.3 is 41.5 Å². The van der Waals surface area contributed by atoms with E-state index in [1.165, 1.54) is 44.6 Å².